The first-order chi connectivity index (χ1) is 6.95. The molecule has 0 fully saturated rings. The third kappa shape index (κ3) is 3.13. The second-order valence-corrected chi connectivity index (χ2v) is 4.00. The van der Waals surface area contributed by atoms with E-state index in [1.54, 1.807) is 38.1 Å². The van der Waals surface area contributed by atoms with Gasteiger partial charge < -0.3 is 9.47 Å². The molecule has 0 aromatic heterocycles. The zero-order chi connectivity index (χ0) is 11.5. The van der Waals surface area contributed by atoms with Gasteiger partial charge in [0.2, 0.25) is 0 Å². The third-order valence-electron chi connectivity index (χ3n) is 1.85. The molecule has 0 radical (unpaired) electrons. The van der Waals surface area contributed by atoms with Crippen molar-refractivity contribution in [2.24, 2.45) is 0 Å². The highest BCUT2D eigenvalue weighted by atomic mass is 35.5. The van der Waals surface area contributed by atoms with Gasteiger partial charge in [-0.15, -0.1) is 0 Å². The normalized spacial score (nSPS) is 10.9. The number of carbonyl (C=O) groups is 1. The number of hydrogen-bond donors (Lipinski definition) is 0. The summed E-state index contributed by atoms with van der Waals surface area (Å²) < 4.78 is 10.1. The lowest BCUT2D eigenvalue weighted by Crippen LogP contribution is -2.39. The Morgan fingerprint density at radius 3 is 2.60 bits per heavy atom. The highest BCUT2D eigenvalue weighted by Gasteiger charge is 2.30. The highest BCUT2D eigenvalue weighted by molar-refractivity contribution is 6.30. The van der Waals surface area contributed by atoms with Crippen molar-refractivity contribution in [1.82, 2.24) is 0 Å². The van der Waals surface area contributed by atoms with Gasteiger partial charge in [-0.1, -0.05) is 17.7 Å². The van der Waals surface area contributed by atoms with Crippen molar-refractivity contribution in [3.8, 4) is 5.75 Å². The average Bonchev–Trinajstić information content (AvgIpc) is 2.15. The molecule has 4 heteroatoms. The summed E-state index contributed by atoms with van der Waals surface area (Å²) in [4.78, 5) is 11.3. The molecule has 0 spiro atoms. The molecule has 0 saturated heterocycles. The Balaban J connectivity index is 2.81. The van der Waals surface area contributed by atoms with E-state index in [1.807, 2.05) is 0 Å². The first-order valence-electron chi connectivity index (χ1n) is 4.49. The van der Waals surface area contributed by atoms with Crippen LogP contribution in [0.25, 0.3) is 0 Å². The molecule has 15 heavy (non-hydrogen) atoms. The van der Waals surface area contributed by atoms with Crippen LogP contribution in [0.4, 0.5) is 0 Å². The van der Waals surface area contributed by atoms with Crippen molar-refractivity contribution in [2.45, 2.75) is 19.4 Å². The van der Waals surface area contributed by atoms with Crippen molar-refractivity contribution >= 4 is 17.6 Å². The fourth-order valence-corrected chi connectivity index (χ4v) is 1.29. The van der Waals surface area contributed by atoms with Gasteiger partial charge >= 0.3 is 5.97 Å². The molecule has 0 amide bonds. The molecule has 0 atom stereocenters. The molecule has 1 rings (SSSR count). The minimum Gasteiger partial charge on any atom is -0.476 e. The Kier molecular flexibility index (Phi) is 3.58. The molecule has 0 aliphatic rings. The van der Waals surface area contributed by atoms with Gasteiger partial charge in [-0.05, 0) is 32.0 Å². The van der Waals surface area contributed by atoms with Crippen molar-refractivity contribution < 1.29 is 14.3 Å². The predicted octanol–water partition coefficient (Wildman–Crippen LogP) is 2.67. The number of benzene rings is 1. The Morgan fingerprint density at radius 1 is 1.40 bits per heavy atom. The van der Waals surface area contributed by atoms with Crippen molar-refractivity contribution in [3.05, 3.63) is 29.3 Å². The molecule has 1 aromatic rings. The Labute approximate surface area is 93.9 Å². The van der Waals surface area contributed by atoms with E-state index in [0.717, 1.165) is 0 Å². The van der Waals surface area contributed by atoms with E-state index in [4.69, 9.17) is 16.3 Å². The fourth-order valence-electron chi connectivity index (χ4n) is 1.11. The minimum absolute atomic E-state index is 0.428. The number of methoxy groups -OCH3 is 1. The van der Waals surface area contributed by atoms with Crippen molar-refractivity contribution in [1.29, 1.82) is 0 Å². The maximum atomic E-state index is 11.3. The lowest BCUT2D eigenvalue weighted by molar-refractivity contribution is -0.156. The lowest BCUT2D eigenvalue weighted by atomic mass is 10.1. The molecule has 82 valence electrons. The molecule has 0 N–H and O–H groups in total. The molecular weight excluding hydrogens is 216 g/mol. The molecule has 0 saturated carbocycles. The van der Waals surface area contributed by atoms with Crippen LogP contribution in [0, 0.1) is 0 Å². The maximum Gasteiger partial charge on any atom is 0.349 e. The molecular formula is C11H13ClO3. The van der Waals surface area contributed by atoms with Crippen LogP contribution in [0.3, 0.4) is 0 Å². The zero-order valence-corrected chi connectivity index (χ0v) is 9.67. The van der Waals surface area contributed by atoms with Gasteiger partial charge in [0.05, 0.1) is 7.11 Å². The topological polar surface area (TPSA) is 35.5 Å². The van der Waals surface area contributed by atoms with E-state index >= 15 is 0 Å². The number of rotatable bonds is 3. The largest absolute Gasteiger partial charge is 0.476 e. The predicted molar refractivity (Wildman–Crippen MR) is 58.2 cm³/mol. The second-order valence-electron chi connectivity index (χ2n) is 3.56. The van der Waals surface area contributed by atoms with E-state index in [2.05, 4.69) is 4.74 Å². The van der Waals surface area contributed by atoms with E-state index in [9.17, 15) is 4.79 Å². The Hall–Kier alpha value is -1.22. The number of halogens is 1. The summed E-state index contributed by atoms with van der Waals surface area (Å²) in [5.74, 6) is 0.111. The molecule has 0 aliphatic carbocycles. The Bertz CT molecular complexity index is 361. The number of hydrogen-bond acceptors (Lipinski definition) is 3. The van der Waals surface area contributed by atoms with E-state index in [0.29, 0.717) is 10.8 Å². The monoisotopic (exact) mass is 228 g/mol. The van der Waals surface area contributed by atoms with Crippen LogP contribution in [0.1, 0.15) is 13.8 Å². The van der Waals surface area contributed by atoms with Gasteiger partial charge in [-0.3, -0.25) is 0 Å². The quantitative estimate of drug-likeness (QED) is 0.747. The van der Waals surface area contributed by atoms with Crippen LogP contribution >= 0.6 is 11.6 Å². The third-order valence-corrected chi connectivity index (χ3v) is 2.08. The fraction of sp³-hybridized carbons (Fsp3) is 0.364. The van der Waals surface area contributed by atoms with Crippen LogP contribution < -0.4 is 4.74 Å². The van der Waals surface area contributed by atoms with Crippen LogP contribution in [0.5, 0.6) is 5.75 Å². The van der Waals surface area contributed by atoms with Gasteiger partial charge in [0, 0.05) is 5.02 Å². The molecule has 1 aromatic carbocycles. The van der Waals surface area contributed by atoms with Gasteiger partial charge in [0.25, 0.3) is 0 Å². The van der Waals surface area contributed by atoms with E-state index in [-0.39, 0.29) is 0 Å². The zero-order valence-electron chi connectivity index (χ0n) is 8.91. The van der Waals surface area contributed by atoms with Gasteiger partial charge in [0.1, 0.15) is 5.75 Å². The van der Waals surface area contributed by atoms with Crippen LogP contribution in [-0.4, -0.2) is 18.7 Å². The lowest BCUT2D eigenvalue weighted by Gasteiger charge is -2.23. The van der Waals surface area contributed by atoms with Crippen molar-refractivity contribution in [2.75, 3.05) is 7.11 Å². The molecule has 3 nitrogen and oxygen atoms in total. The van der Waals surface area contributed by atoms with Gasteiger partial charge in [-0.25, -0.2) is 4.79 Å². The van der Waals surface area contributed by atoms with Gasteiger partial charge in [0.15, 0.2) is 5.60 Å². The number of esters is 1. The van der Waals surface area contributed by atoms with E-state index < -0.39 is 11.6 Å². The van der Waals surface area contributed by atoms with Crippen LogP contribution in [0.15, 0.2) is 24.3 Å². The first-order valence-corrected chi connectivity index (χ1v) is 4.86. The van der Waals surface area contributed by atoms with Crippen LogP contribution in [-0.2, 0) is 9.53 Å². The second kappa shape index (κ2) is 4.53. The molecule has 0 aliphatic heterocycles. The smallest absolute Gasteiger partial charge is 0.349 e. The highest BCUT2D eigenvalue weighted by Crippen LogP contribution is 2.22. The number of ether oxygens (including phenoxy) is 2. The van der Waals surface area contributed by atoms with Gasteiger partial charge in [-0.2, -0.15) is 0 Å². The summed E-state index contributed by atoms with van der Waals surface area (Å²) in [5, 5.41) is 0.563. The average molecular weight is 229 g/mol. The molecule has 0 heterocycles. The number of carbonyl (C=O) groups excluding carboxylic acids is 1. The Morgan fingerprint density at radius 2 is 2.07 bits per heavy atom. The summed E-state index contributed by atoms with van der Waals surface area (Å²) in [5.41, 5.74) is -1.01. The summed E-state index contributed by atoms with van der Waals surface area (Å²) in [6, 6.07) is 6.87. The molecule has 0 bridgehead atoms. The minimum atomic E-state index is -1.01. The van der Waals surface area contributed by atoms with Crippen molar-refractivity contribution in [3.63, 3.8) is 0 Å². The maximum absolute atomic E-state index is 11.3. The first kappa shape index (κ1) is 11.9. The molecule has 0 unspecified atom stereocenters. The van der Waals surface area contributed by atoms with E-state index in [1.165, 1.54) is 7.11 Å². The standard InChI is InChI=1S/C11H13ClO3/c1-11(2,10(13)14-3)15-9-6-4-5-8(12)7-9/h4-7H,1-3H3. The van der Waals surface area contributed by atoms with Crippen LogP contribution in [0.2, 0.25) is 5.02 Å². The summed E-state index contributed by atoms with van der Waals surface area (Å²) in [7, 11) is 1.32. The summed E-state index contributed by atoms with van der Waals surface area (Å²) >= 11 is 5.79. The summed E-state index contributed by atoms with van der Waals surface area (Å²) in [6.45, 7) is 3.28. The SMILES string of the molecule is COC(=O)C(C)(C)Oc1cccc(Cl)c1. The summed E-state index contributed by atoms with van der Waals surface area (Å²) in [6.07, 6.45) is 0.